The third kappa shape index (κ3) is 2.50. The Morgan fingerprint density at radius 3 is 2.47 bits per heavy atom. The van der Waals surface area contributed by atoms with Crippen molar-refractivity contribution in [3.05, 3.63) is 41.6 Å². The second-order valence-electron chi connectivity index (χ2n) is 3.77. The Balaban J connectivity index is 2.51. The van der Waals surface area contributed by atoms with Gasteiger partial charge in [0.25, 0.3) is 0 Å². The molecule has 0 saturated heterocycles. The van der Waals surface area contributed by atoms with Crippen LogP contribution in [0.25, 0.3) is 11.3 Å². The molecule has 0 N–H and O–H groups in total. The minimum Gasteiger partial charge on any atom is -0.380 e. The maximum Gasteiger partial charge on any atom is 0.126 e. The van der Waals surface area contributed by atoms with Crippen LogP contribution in [0, 0.1) is 11.6 Å². The van der Waals surface area contributed by atoms with Gasteiger partial charge in [-0.3, -0.25) is 4.68 Å². The van der Waals surface area contributed by atoms with Gasteiger partial charge in [0.15, 0.2) is 0 Å². The van der Waals surface area contributed by atoms with Crippen molar-refractivity contribution in [1.29, 1.82) is 0 Å². The van der Waals surface area contributed by atoms with Crippen LogP contribution < -0.4 is 0 Å². The van der Waals surface area contributed by atoms with Crippen molar-refractivity contribution < 1.29 is 13.5 Å². The predicted octanol–water partition coefficient (Wildman–Crippen LogP) is 2.51. The first kappa shape index (κ1) is 11.7. The summed E-state index contributed by atoms with van der Waals surface area (Å²) in [6.45, 7) is 0.349. The van der Waals surface area contributed by atoms with Gasteiger partial charge in [0.1, 0.15) is 11.6 Å². The molecule has 0 aliphatic rings. The zero-order valence-corrected chi connectivity index (χ0v) is 9.58. The fraction of sp³-hybridized carbons (Fsp3) is 0.250. The van der Waals surface area contributed by atoms with Crippen LogP contribution in [0.2, 0.25) is 0 Å². The second-order valence-corrected chi connectivity index (χ2v) is 3.77. The Kier molecular flexibility index (Phi) is 3.19. The Morgan fingerprint density at radius 1 is 1.24 bits per heavy atom. The standard InChI is InChI=1S/C12H12F2N2O/c1-16-6-9(7-17-2)12(15-16)8-3-10(13)5-11(14)4-8/h3-6H,7H2,1-2H3. The molecule has 0 amide bonds. The van der Waals surface area contributed by atoms with E-state index in [2.05, 4.69) is 5.10 Å². The van der Waals surface area contributed by atoms with E-state index in [9.17, 15) is 8.78 Å². The molecule has 0 spiro atoms. The fourth-order valence-corrected chi connectivity index (χ4v) is 1.73. The molecule has 0 bridgehead atoms. The molecule has 0 aliphatic heterocycles. The highest BCUT2D eigenvalue weighted by Crippen LogP contribution is 2.24. The SMILES string of the molecule is COCc1cn(C)nc1-c1cc(F)cc(F)c1. The summed E-state index contributed by atoms with van der Waals surface area (Å²) in [7, 11) is 3.31. The van der Waals surface area contributed by atoms with Gasteiger partial charge in [0.2, 0.25) is 0 Å². The Hall–Kier alpha value is -1.75. The third-order valence-electron chi connectivity index (χ3n) is 2.34. The zero-order chi connectivity index (χ0) is 12.4. The van der Waals surface area contributed by atoms with Crippen LogP contribution in [0.3, 0.4) is 0 Å². The van der Waals surface area contributed by atoms with Crippen molar-refractivity contribution in [3.8, 4) is 11.3 Å². The normalized spacial score (nSPS) is 10.8. The summed E-state index contributed by atoms with van der Waals surface area (Å²) in [5.41, 5.74) is 1.74. The highest BCUT2D eigenvalue weighted by Gasteiger charge is 2.12. The number of aromatic nitrogens is 2. The van der Waals surface area contributed by atoms with Crippen LogP contribution in [0.1, 0.15) is 5.56 Å². The molecule has 0 atom stereocenters. The summed E-state index contributed by atoms with van der Waals surface area (Å²) in [4.78, 5) is 0. The smallest absolute Gasteiger partial charge is 0.126 e. The van der Waals surface area contributed by atoms with Crippen molar-refractivity contribution in [2.75, 3.05) is 7.11 Å². The van der Waals surface area contributed by atoms with E-state index < -0.39 is 11.6 Å². The number of rotatable bonds is 3. The summed E-state index contributed by atoms with van der Waals surface area (Å²) in [6.07, 6.45) is 1.77. The first-order valence-electron chi connectivity index (χ1n) is 5.08. The number of benzene rings is 1. The van der Waals surface area contributed by atoms with E-state index >= 15 is 0 Å². The molecule has 1 heterocycles. The maximum atomic E-state index is 13.1. The molecule has 17 heavy (non-hydrogen) atoms. The van der Waals surface area contributed by atoms with Gasteiger partial charge < -0.3 is 4.74 Å². The Morgan fingerprint density at radius 2 is 1.88 bits per heavy atom. The van der Waals surface area contributed by atoms with E-state index in [1.807, 2.05) is 0 Å². The molecule has 5 heteroatoms. The lowest BCUT2D eigenvalue weighted by Crippen LogP contribution is -1.91. The third-order valence-corrected chi connectivity index (χ3v) is 2.34. The van der Waals surface area contributed by atoms with Gasteiger partial charge in [0.05, 0.1) is 12.3 Å². The van der Waals surface area contributed by atoms with E-state index in [-0.39, 0.29) is 0 Å². The van der Waals surface area contributed by atoms with Gasteiger partial charge in [0, 0.05) is 37.5 Å². The molecule has 90 valence electrons. The van der Waals surface area contributed by atoms with Gasteiger partial charge in [-0.1, -0.05) is 0 Å². The number of methoxy groups -OCH3 is 1. The minimum atomic E-state index is -0.617. The monoisotopic (exact) mass is 238 g/mol. The zero-order valence-electron chi connectivity index (χ0n) is 9.58. The largest absolute Gasteiger partial charge is 0.380 e. The number of ether oxygens (including phenoxy) is 1. The first-order valence-corrected chi connectivity index (χ1v) is 5.08. The molecule has 2 rings (SSSR count). The van der Waals surface area contributed by atoms with Crippen LogP contribution in [0.15, 0.2) is 24.4 Å². The fourth-order valence-electron chi connectivity index (χ4n) is 1.73. The van der Waals surface area contributed by atoms with Crippen LogP contribution in [-0.2, 0) is 18.4 Å². The summed E-state index contributed by atoms with van der Waals surface area (Å²) < 4.78 is 32.9. The molecule has 1 aromatic carbocycles. The summed E-state index contributed by atoms with van der Waals surface area (Å²) >= 11 is 0. The van der Waals surface area contributed by atoms with Crippen molar-refractivity contribution in [2.24, 2.45) is 7.05 Å². The van der Waals surface area contributed by atoms with E-state index in [0.29, 0.717) is 17.9 Å². The average Bonchev–Trinajstić information content (AvgIpc) is 2.58. The molecule has 0 radical (unpaired) electrons. The lowest BCUT2D eigenvalue weighted by molar-refractivity contribution is 0.185. The maximum absolute atomic E-state index is 13.1. The molecular formula is C12H12F2N2O. The summed E-state index contributed by atoms with van der Waals surface area (Å²) in [5.74, 6) is -1.23. The summed E-state index contributed by atoms with van der Waals surface area (Å²) in [5, 5.41) is 4.19. The van der Waals surface area contributed by atoms with Crippen LogP contribution in [-0.4, -0.2) is 16.9 Å². The van der Waals surface area contributed by atoms with E-state index in [4.69, 9.17) is 4.74 Å². The molecule has 0 unspecified atom stereocenters. The van der Waals surface area contributed by atoms with Crippen molar-refractivity contribution in [3.63, 3.8) is 0 Å². The van der Waals surface area contributed by atoms with Crippen LogP contribution in [0.4, 0.5) is 8.78 Å². The molecule has 2 aromatic rings. The van der Waals surface area contributed by atoms with Gasteiger partial charge in [-0.15, -0.1) is 0 Å². The lowest BCUT2D eigenvalue weighted by Gasteiger charge is -2.02. The highest BCUT2D eigenvalue weighted by molar-refractivity contribution is 5.62. The predicted molar refractivity (Wildman–Crippen MR) is 59.3 cm³/mol. The van der Waals surface area contributed by atoms with Gasteiger partial charge >= 0.3 is 0 Å². The second kappa shape index (κ2) is 4.63. The van der Waals surface area contributed by atoms with E-state index in [0.717, 1.165) is 11.6 Å². The number of halogens is 2. The van der Waals surface area contributed by atoms with E-state index in [1.165, 1.54) is 12.1 Å². The number of hydrogen-bond donors (Lipinski definition) is 0. The van der Waals surface area contributed by atoms with Crippen LogP contribution >= 0.6 is 0 Å². The molecular weight excluding hydrogens is 226 g/mol. The molecule has 0 aliphatic carbocycles. The number of nitrogens with zero attached hydrogens (tertiary/aromatic N) is 2. The number of aryl methyl sites for hydroxylation is 1. The minimum absolute atomic E-state index is 0.349. The molecule has 1 aromatic heterocycles. The average molecular weight is 238 g/mol. The van der Waals surface area contributed by atoms with Gasteiger partial charge in [-0.2, -0.15) is 5.10 Å². The molecule has 3 nitrogen and oxygen atoms in total. The van der Waals surface area contributed by atoms with E-state index in [1.54, 1.807) is 25.0 Å². The topological polar surface area (TPSA) is 27.1 Å². The van der Waals surface area contributed by atoms with Crippen molar-refractivity contribution >= 4 is 0 Å². The van der Waals surface area contributed by atoms with Crippen molar-refractivity contribution in [2.45, 2.75) is 6.61 Å². The number of hydrogen-bond acceptors (Lipinski definition) is 2. The molecule has 0 saturated carbocycles. The quantitative estimate of drug-likeness (QED) is 0.821. The molecule has 0 fully saturated rings. The van der Waals surface area contributed by atoms with Gasteiger partial charge in [-0.05, 0) is 12.1 Å². The lowest BCUT2D eigenvalue weighted by atomic mass is 10.1. The first-order chi connectivity index (χ1) is 8.10. The van der Waals surface area contributed by atoms with Gasteiger partial charge in [-0.25, -0.2) is 8.78 Å². The van der Waals surface area contributed by atoms with Crippen LogP contribution in [0.5, 0.6) is 0 Å². The highest BCUT2D eigenvalue weighted by atomic mass is 19.1. The Bertz CT molecular complexity index is 517. The van der Waals surface area contributed by atoms with Crippen molar-refractivity contribution in [1.82, 2.24) is 9.78 Å². The summed E-state index contributed by atoms with van der Waals surface area (Å²) in [6, 6.07) is 3.34. The Labute approximate surface area is 97.6 Å².